The zero-order chi connectivity index (χ0) is 12.3. The number of halogens is 2. The zero-order valence-corrected chi connectivity index (χ0v) is 11.0. The Hall–Kier alpha value is -1.20. The molecule has 0 atom stereocenters. The number of hydrogen-bond donors (Lipinski definition) is 2. The molecule has 2 N–H and O–H groups in total. The first-order valence-corrected chi connectivity index (χ1v) is 6.09. The van der Waals surface area contributed by atoms with Gasteiger partial charge in [0.2, 0.25) is 0 Å². The summed E-state index contributed by atoms with van der Waals surface area (Å²) < 4.78 is 13.9. The first-order chi connectivity index (χ1) is 8.15. The number of rotatable bonds is 4. The van der Waals surface area contributed by atoms with Gasteiger partial charge in [0.25, 0.3) is 0 Å². The van der Waals surface area contributed by atoms with Crippen molar-refractivity contribution in [2.75, 3.05) is 0 Å². The van der Waals surface area contributed by atoms with Gasteiger partial charge in [-0.2, -0.15) is 0 Å². The summed E-state index contributed by atoms with van der Waals surface area (Å²) in [5.74, 6) is 0.677. The van der Waals surface area contributed by atoms with E-state index in [1.807, 2.05) is 6.92 Å². The van der Waals surface area contributed by atoms with E-state index in [0.717, 1.165) is 21.6 Å². The summed E-state index contributed by atoms with van der Waals surface area (Å²) in [4.78, 5) is 7.24. The second kappa shape index (κ2) is 5.42. The molecular formula is C12H13BrFN3. The Labute approximate surface area is 108 Å². The summed E-state index contributed by atoms with van der Waals surface area (Å²) in [6.45, 7) is 3.20. The minimum atomic E-state index is -0.220. The largest absolute Gasteiger partial charge is 0.345 e. The maximum absolute atomic E-state index is 13.0. The van der Waals surface area contributed by atoms with Crippen LogP contribution < -0.4 is 5.32 Å². The van der Waals surface area contributed by atoms with Gasteiger partial charge in [0.15, 0.2) is 0 Å². The van der Waals surface area contributed by atoms with E-state index in [1.165, 1.54) is 12.1 Å². The van der Waals surface area contributed by atoms with Crippen molar-refractivity contribution < 1.29 is 4.39 Å². The topological polar surface area (TPSA) is 40.7 Å². The number of nitrogens with one attached hydrogen (secondary N) is 2. The van der Waals surface area contributed by atoms with E-state index in [4.69, 9.17) is 0 Å². The van der Waals surface area contributed by atoms with Gasteiger partial charge in [0.1, 0.15) is 11.6 Å². The molecule has 1 aromatic carbocycles. The van der Waals surface area contributed by atoms with Crippen molar-refractivity contribution in [1.82, 2.24) is 15.3 Å². The average Bonchev–Trinajstić information content (AvgIpc) is 2.69. The second-order valence-electron chi connectivity index (χ2n) is 3.83. The number of nitrogens with zero attached hydrogens (tertiary/aromatic N) is 1. The quantitative estimate of drug-likeness (QED) is 0.911. The molecule has 2 aromatic rings. The van der Waals surface area contributed by atoms with Crippen LogP contribution in [0.2, 0.25) is 0 Å². The van der Waals surface area contributed by atoms with Crippen molar-refractivity contribution in [1.29, 1.82) is 0 Å². The van der Waals surface area contributed by atoms with Gasteiger partial charge in [0.05, 0.1) is 0 Å². The summed E-state index contributed by atoms with van der Waals surface area (Å²) >= 11 is 3.39. The van der Waals surface area contributed by atoms with Gasteiger partial charge >= 0.3 is 0 Å². The van der Waals surface area contributed by atoms with Crippen LogP contribution in [0.1, 0.15) is 17.1 Å². The lowest BCUT2D eigenvalue weighted by molar-refractivity contribution is 0.618. The van der Waals surface area contributed by atoms with Gasteiger partial charge in [-0.05, 0) is 30.7 Å². The predicted octanol–water partition coefficient (Wildman–Crippen LogP) is 2.91. The second-order valence-corrected chi connectivity index (χ2v) is 4.69. The monoisotopic (exact) mass is 297 g/mol. The van der Waals surface area contributed by atoms with Gasteiger partial charge in [-0.3, -0.25) is 0 Å². The highest BCUT2D eigenvalue weighted by molar-refractivity contribution is 9.10. The van der Waals surface area contributed by atoms with Crippen LogP contribution in [0.15, 0.2) is 28.9 Å². The van der Waals surface area contributed by atoms with Crippen molar-refractivity contribution in [2.24, 2.45) is 0 Å². The number of aryl methyl sites for hydroxylation is 1. The third-order valence-electron chi connectivity index (χ3n) is 2.39. The molecule has 90 valence electrons. The Bertz CT molecular complexity index is 510. The summed E-state index contributed by atoms with van der Waals surface area (Å²) in [6.07, 6.45) is 1.79. The van der Waals surface area contributed by atoms with Crippen LogP contribution in [0.25, 0.3) is 0 Å². The minimum absolute atomic E-state index is 0.220. The highest BCUT2D eigenvalue weighted by Crippen LogP contribution is 2.17. The Morgan fingerprint density at radius 2 is 2.24 bits per heavy atom. The van der Waals surface area contributed by atoms with Gasteiger partial charge < -0.3 is 10.3 Å². The predicted molar refractivity (Wildman–Crippen MR) is 68.0 cm³/mol. The summed E-state index contributed by atoms with van der Waals surface area (Å²) in [5, 5.41) is 3.23. The normalized spacial score (nSPS) is 10.8. The molecule has 0 spiro atoms. The van der Waals surface area contributed by atoms with Crippen LogP contribution in [0.3, 0.4) is 0 Å². The molecule has 0 aliphatic carbocycles. The summed E-state index contributed by atoms with van der Waals surface area (Å²) in [6, 6.07) is 4.67. The Morgan fingerprint density at radius 3 is 2.94 bits per heavy atom. The highest BCUT2D eigenvalue weighted by atomic mass is 79.9. The fourth-order valence-electron chi connectivity index (χ4n) is 1.57. The molecule has 1 aromatic heterocycles. The minimum Gasteiger partial charge on any atom is -0.345 e. The van der Waals surface area contributed by atoms with E-state index in [1.54, 1.807) is 12.3 Å². The van der Waals surface area contributed by atoms with E-state index in [2.05, 4.69) is 31.2 Å². The zero-order valence-electron chi connectivity index (χ0n) is 9.43. The summed E-state index contributed by atoms with van der Waals surface area (Å²) in [5.41, 5.74) is 1.93. The molecule has 0 amide bonds. The maximum atomic E-state index is 13.0. The van der Waals surface area contributed by atoms with Gasteiger partial charge in [-0.25, -0.2) is 9.37 Å². The van der Waals surface area contributed by atoms with Crippen molar-refractivity contribution in [3.8, 4) is 0 Å². The molecular weight excluding hydrogens is 285 g/mol. The van der Waals surface area contributed by atoms with E-state index in [9.17, 15) is 4.39 Å². The van der Waals surface area contributed by atoms with Crippen LogP contribution in [0, 0.1) is 12.7 Å². The van der Waals surface area contributed by atoms with Crippen molar-refractivity contribution in [2.45, 2.75) is 20.0 Å². The Balaban J connectivity index is 1.91. The van der Waals surface area contributed by atoms with Gasteiger partial charge in [-0.15, -0.1) is 0 Å². The number of aromatic amines is 1. The average molecular weight is 298 g/mol. The Kier molecular flexibility index (Phi) is 3.91. The van der Waals surface area contributed by atoms with Crippen LogP contribution in [-0.2, 0) is 13.1 Å². The molecule has 0 radical (unpaired) electrons. The molecule has 1 heterocycles. The first kappa shape index (κ1) is 12.3. The number of hydrogen-bond acceptors (Lipinski definition) is 2. The molecule has 2 rings (SSSR count). The lowest BCUT2D eigenvalue weighted by Gasteiger charge is -2.06. The number of imidazole rings is 1. The lowest BCUT2D eigenvalue weighted by Crippen LogP contribution is -2.13. The molecule has 3 nitrogen and oxygen atoms in total. The van der Waals surface area contributed by atoms with E-state index in [0.29, 0.717) is 13.1 Å². The molecule has 0 saturated heterocycles. The fourth-order valence-corrected chi connectivity index (χ4v) is 1.96. The molecule has 0 unspecified atom stereocenters. The first-order valence-electron chi connectivity index (χ1n) is 5.30. The molecule has 5 heteroatoms. The van der Waals surface area contributed by atoms with Gasteiger partial charge in [-0.1, -0.05) is 15.9 Å². The van der Waals surface area contributed by atoms with Crippen LogP contribution >= 0.6 is 15.9 Å². The molecule has 0 saturated carbocycles. The molecule has 0 aliphatic heterocycles. The van der Waals surface area contributed by atoms with Crippen LogP contribution in [-0.4, -0.2) is 9.97 Å². The fraction of sp³-hybridized carbons (Fsp3) is 0.250. The summed E-state index contributed by atoms with van der Waals surface area (Å²) in [7, 11) is 0. The van der Waals surface area contributed by atoms with Crippen molar-refractivity contribution in [3.05, 3.63) is 51.8 Å². The molecule has 0 aliphatic rings. The standard InChI is InChI=1S/C12H13BrFN3/c1-8-16-7-11(17-8)6-15-5-9-4-10(14)2-3-12(9)13/h2-4,7,15H,5-6H2,1H3,(H,16,17). The molecule has 0 bridgehead atoms. The number of aromatic nitrogens is 2. The van der Waals surface area contributed by atoms with Gasteiger partial charge in [0, 0.05) is 29.5 Å². The lowest BCUT2D eigenvalue weighted by atomic mass is 10.2. The number of benzene rings is 1. The highest BCUT2D eigenvalue weighted by Gasteiger charge is 2.02. The SMILES string of the molecule is Cc1ncc(CNCc2cc(F)ccc2Br)[nH]1. The third-order valence-corrected chi connectivity index (χ3v) is 3.17. The molecule has 0 fully saturated rings. The van der Waals surface area contributed by atoms with Crippen LogP contribution in [0.4, 0.5) is 4.39 Å². The smallest absolute Gasteiger partial charge is 0.123 e. The van der Waals surface area contributed by atoms with Crippen LogP contribution in [0.5, 0.6) is 0 Å². The maximum Gasteiger partial charge on any atom is 0.123 e. The van der Waals surface area contributed by atoms with Crippen molar-refractivity contribution in [3.63, 3.8) is 0 Å². The van der Waals surface area contributed by atoms with E-state index < -0.39 is 0 Å². The Morgan fingerprint density at radius 1 is 1.41 bits per heavy atom. The van der Waals surface area contributed by atoms with E-state index in [-0.39, 0.29) is 5.82 Å². The van der Waals surface area contributed by atoms with E-state index >= 15 is 0 Å². The third kappa shape index (κ3) is 3.38. The number of H-pyrrole nitrogens is 1. The van der Waals surface area contributed by atoms with Crippen molar-refractivity contribution >= 4 is 15.9 Å². The molecule has 17 heavy (non-hydrogen) atoms.